The summed E-state index contributed by atoms with van der Waals surface area (Å²) in [5.74, 6) is 0.466. The Morgan fingerprint density at radius 3 is 2.94 bits per heavy atom. The van der Waals surface area contributed by atoms with Gasteiger partial charge in [-0.15, -0.1) is 0 Å². The van der Waals surface area contributed by atoms with E-state index in [1.54, 1.807) is 30.6 Å². The van der Waals surface area contributed by atoms with Crippen molar-refractivity contribution >= 4 is 10.9 Å². The summed E-state index contributed by atoms with van der Waals surface area (Å²) in [4.78, 5) is 7.08. The molecule has 1 aromatic carbocycles. The molecule has 0 saturated heterocycles. The van der Waals surface area contributed by atoms with Crippen molar-refractivity contribution in [2.45, 2.75) is 6.61 Å². The zero-order valence-electron chi connectivity index (χ0n) is 9.56. The van der Waals surface area contributed by atoms with Gasteiger partial charge in [0.25, 0.3) is 0 Å². The number of rotatable bonds is 3. The normalized spacial score (nSPS) is 10.7. The van der Waals surface area contributed by atoms with Gasteiger partial charge in [0, 0.05) is 17.1 Å². The number of ether oxygens (including phenoxy) is 1. The van der Waals surface area contributed by atoms with E-state index in [-0.39, 0.29) is 5.82 Å². The van der Waals surface area contributed by atoms with Crippen molar-refractivity contribution in [2.75, 3.05) is 0 Å². The highest BCUT2D eigenvalue weighted by Gasteiger charge is 2.05. The van der Waals surface area contributed by atoms with Gasteiger partial charge in [0.1, 0.15) is 18.2 Å². The Kier molecular flexibility index (Phi) is 2.68. The quantitative estimate of drug-likeness (QED) is 0.765. The molecule has 0 aliphatic carbocycles. The Bertz CT molecular complexity index is 664. The van der Waals surface area contributed by atoms with Crippen molar-refractivity contribution in [3.63, 3.8) is 0 Å². The highest BCUT2D eigenvalue weighted by molar-refractivity contribution is 5.80. The van der Waals surface area contributed by atoms with Crippen LogP contribution < -0.4 is 4.74 Å². The maximum atomic E-state index is 13.5. The van der Waals surface area contributed by atoms with Gasteiger partial charge in [-0.1, -0.05) is 6.07 Å². The van der Waals surface area contributed by atoms with Crippen LogP contribution in [0, 0.1) is 5.82 Å². The molecular weight excluding hydrogens is 231 g/mol. The van der Waals surface area contributed by atoms with Crippen molar-refractivity contribution in [3.8, 4) is 5.75 Å². The van der Waals surface area contributed by atoms with Crippen LogP contribution in [0.15, 0.2) is 48.8 Å². The molecule has 0 saturated carbocycles. The predicted molar refractivity (Wildman–Crippen MR) is 66.8 cm³/mol. The summed E-state index contributed by atoms with van der Waals surface area (Å²) in [5, 5.41) is 0.585. The second kappa shape index (κ2) is 4.49. The zero-order chi connectivity index (χ0) is 12.4. The third-order valence-corrected chi connectivity index (χ3v) is 2.70. The lowest BCUT2D eigenvalue weighted by molar-refractivity contribution is 0.301. The van der Waals surface area contributed by atoms with E-state index in [1.807, 2.05) is 12.1 Å². The van der Waals surface area contributed by atoms with E-state index in [0.29, 0.717) is 17.7 Å². The molecule has 3 rings (SSSR count). The van der Waals surface area contributed by atoms with Gasteiger partial charge in [-0.25, -0.2) is 4.39 Å². The lowest BCUT2D eigenvalue weighted by atomic mass is 10.2. The molecule has 2 heterocycles. The number of benzene rings is 1. The number of nitrogens with one attached hydrogen (secondary N) is 1. The number of fused-ring (bicyclic) bond motifs is 1. The van der Waals surface area contributed by atoms with Gasteiger partial charge >= 0.3 is 0 Å². The molecule has 0 aliphatic heterocycles. The smallest absolute Gasteiger partial charge is 0.138 e. The second-order valence-electron chi connectivity index (χ2n) is 3.97. The van der Waals surface area contributed by atoms with E-state index in [9.17, 15) is 4.39 Å². The minimum absolute atomic E-state index is 0.226. The van der Waals surface area contributed by atoms with Crippen LogP contribution in [0.25, 0.3) is 10.9 Å². The van der Waals surface area contributed by atoms with Crippen LogP contribution in [0.4, 0.5) is 4.39 Å². The Morgan fingerprint density at radius 1 is 1.22 bits per heavy atom. The minimum atomic E-state index is -0.226. The Balaban J connectivity index is 1.81. The Morgan fingerprint density at radius 2 is 2.17 bits per heavy atom. The molecule has 90 valence electrons. The van der Waals surface area contributed by atoms with Crippen molar-refractivity contribution in [1.82, 2.24) is 9.97 Å². The van der Waals surface area contributed by atoms with E-state index in [2.05, 4.69) is 9.97 Å². The average molecular weight is 242 g/mol. The molecule has 0 aliphatic rings. The fraction of sp³-hybridized carbons (Fsp3) is 0.0714. The zero-order valence-corrected chi connectivity index (χ0v) is 9.56. The van der Waals surface area contributed by atoms with Crippen LogP contribution in [0.1, 0.15) is 5.69 Å². The van der Waals surface area contributed by atoms with Gasteiger partial charge in [0.15, 0.2) is 0 Å². The topological polar surface area (TPSA) is 37.9 Å². The first-order valence-corrected chi connectivity index (χ1v) is 5.62. The molecule has 3 nitrogen and oxygen atoms in total. The summed E-state index contributed by atoms with van der Waals surface area (Å²) >= 11 is 0. The fourth-order valence-electron chi connectivity index (χ4n) is 1.85. The third kappa shape index (κ3) is 2.05. The summed E-state index contributed by atoms with van der Waals surface area (Å²) < 4.78 is 19.0. The van der Waals surface area contributed by atoms with Crippen LogP contribution in [0.2, 0.25) is 0 Å². The molecule has 3 aromatic rings. The summed E-state index contributed by atoms with van der Waals surface area (Å²) in [6.07, 6.45) is 3.33. The molecule has 0 spiro atoms. The van der Waals surface area contributed by atoms with Crippen molar-refractivity contribution < 1.29 is 9.13 Å². The highest BCUT2D eigenvalue weighted by atomic mass is 19.1. The number of hydrogen-bond acceptors (Lipinski definition) is 2. The van der Waals surface area contributed by atoms with E-state index in [1.165, 1.54) is 6.07 Å². The van der Waals surface area contributed by atoms with Crippen LogP contribution in [0.5, 0.6) is 5.75 Å². The average Bonchev–Trinajstić information content (AvgIpc) is 2.82. The van der Waals surface area contributed by atoms with Gasteiger partial charge in [0.2, 0.25) is 0 Å². The SMILES string of the molecule is Fc1cccc2[nH]c(COc3cccnc3)cc12. The number of hydrogen-bond donors (Lipinski definition) is 1. The third-order valence-electron chi connectivity index (χ3n) is 2.70. The number of halogens is 1. The molecule has 0 atom stereocenters. The molecule has 0 radical (unpaired) electrons. The summed E-state index contributed by atoms with van der Waals surface area (Å²) in [6, 6.07) is 10.4. The Labute approximate surface area is 103 Å². The van der Waals surface area contributed by atoms with Crippen LogP contribution >= 0.6 is 0 Å². The number of aromatic amines is 1. The molecule has 0 unspecified atom stereocenters. The molecule has 0 bridgehead atoms. The first kappa shape index (κ1) is 10.8. The lowest BCUT2D eigenvalue weighted by Crippen LogP contribution is -1.95. The van der Waals surface area contributed by atoms with Gasteiger partial charge < -0.3 is 9.72 Å². The maximum Gasteiger partial charge on any atom is 0.138 e. The number of aromatic nitrogens is 2. The molecule has 4 heteroatoms. The maximum absolute atomic E-state index is 13.5. The Hall–Kier alpha value is -2.36. The molecular formula is C14H11FN2O. The lowest BCUT2D eigenvalue weighted by Gasteiger charge is -2.02. The fourth-order valence-corrected chi connectivity index (χ4v) is 1.85. The molecule has 0 fully saturated rings. The van der Waals surface area contributed by atoms with Gasteiger partial charge in [-0.3, -0.25) is 4.98 Å². The molecule has 2 aromatic heterocycles. The monoisotopic (exact) mass is 242 g/mol. The van der Waals surface area contributed by atoms with E-state index >= 15 is 0 Å². The largest absolute Gasteiger partial charge is 0.486 e. The van der Waals surface area contributed by atoms with E-state index in [0.717, 1.165) is 11.2 Å². The highest BCUT2D eigenvalue weighted by Crippen LogP contribution is 2.19. The first-order valence-electron chi connectivity index (χ1n) is 5.62. The van der Waals surface area contributed by atoms with Gasteiger partial charge in [-0.05, 0) is 30.3 Å². The number of pyridine rings is 1. The molecule has 1 N–H and O–H groups in total. The van der Waals surface area contributed by atoms with Crippen LogP contribution in [-0.2, 0) is 6.61 Å². The summed E-state index contributed by atoms with van der Waals surface area (Å²) in [5.41, 5.74) is 1.61. The molecule has 0 amide bonds. The van der Waals surface area contributed by atoms with Crippen molar-refractivity contribution in [2.24, 2.45) is 0 Å². The van der Waals surface area contributed by atoms with E-state index < -0.39 is 0 Å². The minimum Gasteiger partial charge on any atom is -0.486 e. The van der Waals surface area contributed by atoms with Gasteiger partial charge in [0.05, 0.1) is 11.9 Å². The van der Waals surface area contributed by atoms with Crippen molar-refractivity contribution in [3.05, 3.63) is 60.3 Å². The first-order chi connectivity index (χ1) is 8.83. The summed E-state index contributed by atoms with van der Waals surface area (Å²) in [6.45, 7) is 0.361. The van der Waals surface area contributed by atoms with Crippen molar-refractivity contribution in [1.29, 1.82) is 0 Å². The number of nitrogens with zero attached hydrogens (tertiary/aromatic N) is 1. The predicted octanol–water partition coefficient (Wildman–Crippen LogP) is 3.28. The summed E-state index contributed by atoms with van der Waals surface area (Å²) in [7, 11) is 0. The van der Waals surface area contributed by atoms with Crippen LogP contribution in [0.3, 0.4) is 0 Å². The van der Waals surface area contributed by atoms with Gasteiger partial charge in [-0.2, -0.15) is 0 Å². The second-order valence-corrected chi connectivity index (χ2v) is 3.97. The number of H-pyrrole nitrogens is 1. The van der Waals surface area contributed by atoms with E-state index in [4.69, 9.17) is 4.74 Å². The molecule has 18 heavy (non-hydrogen) atoms. The van der Waals surface area contributed by atoms with Crippen LogP contribution in [-0.4, -0.2) is 9.97 Å². The standard InChI is InChI=1S/C14H11FN2O/c15-13-4-1-5-14-12(13)7-10(17-14)9-18-11-3-2-6-16-8-11/h1-8,17H,9H2.